The van der Waals surface area contributed by atoms with E-state index in [2.05, 4.69) is 5.32 Å². The van der Waals surface area contributed by atoms with E-state index in [-0.39, 0.29) is 0 Å². The minimum Gasteiger partial charge on any atom is -0.497 e. The van der Waals surface area contributed by atoms with Crippen LogP contribution in [0.2, 0.25) is 0 Å². The molecule has 0 aliphatic carbocycles. The first-order valence-electron chi connectivity index (χ1n) is 5.85. The summed E-state index contributed by atoms with van der Waals surface area (Å²) in [5.41, 5.74) is 1.16. The monoisotopic (exact) mass is 253 g/mol. The van der Waals surface area contributed by atoms with E-state index >= 15 is 0 Å². The quantitative estimate of drug-likeness (QED) is 0.872. The largest absolute Gasteiger partial charge is 0.497 e. The minimum atomic E-state index is 0.635. The Morgan fingerprint density at radius 2 is 2.24 bits per heavy atom. The van der Waals surface area contributed by atoms with Gasteiger partial charge in [0, 0.05) is 23.9 Å². The fourth-order valence-corrected chi connectivity index (χ4v) is 3.16. The third-order valence-corrected chi connectivity index (χ3v) is 4.16. The van der Waals surface area contributed by atoms with E-state index in [0.29, 0.717) is 6.04 Å². The minimum absolute atomic E-state index is 0.635. The van der Waals surface area contributed by atoms with E-state index < -0.39 is 0 Å². The molecule has 2 rings (SSSR count). The zero-order valence-corrected chi connectivity index (χ0v) is 11.2. The fourth-order valence-electron chi connectivity index (χ4n) is 1.97. The van der Waals surface area contributed by atoms with E-state index in [0.717, 1.165) is 23.6 Å². The lowest BCUT2D eigenvalue weighted by molar-refractivity contribution is 0.395. The molecular weight excluding hydrogens is 234 g/mol. The zero-order chi connectivity index (χ0) is 12.1. The first-order chi connectivity index (χ1) is 8.33. The number of nitrogens with one attached hydrogen (secondary N) is 1. The number of hydrogen-bond acceptors (Lipinski definition) is 4. The Balaban J connectivity index is 2.01. The number of benzene rings is 1. The normalized spacial score (nSPS) is 19.3. The third-order valence-electron chi connectivity index (χ3n) is 3.00. The Morgan fingerprint density at radius 1 is 1.35 bits per heavy atom. The molecule has 1 atom stereocenters. The molecule has 0 spiro atoms. The molecule has 1 saturated heterocycles. The van der Waals surface area contributed by atoms with E-state index in [4.69, 9.17) is 9.47 Å². The van der Waals surface area contributed by atoms with Crippen molar-refractivity contribution in [1.82, 2.24) is 5.32 Å². The molecule has 1 unspecified atom stereocenters. The number of hydrogen-bond donors (Lipinski definition) is 1. The lowest BCUT2D eigenvalue weighted by Crippen LogP contribution is -2.28. The molecule has 0 amide bonds. The summed E-state index contributed by atoms with van der Waals surface area (Å²) in [5.74, 6) is 4.28. The topological polar surface area (TPSA) is 30.5 Å². The molecule has 0 radical (unpaired) electrons. The predicted octanol–water partition coefficient (Wildman–Crippen LogP) is 2.30. The van der Waals surface area contributed by atoms with Gasteiger partial charge in [-0.2, -0.15) is 11.8 Å². The molecule has 1 N–H and O–H groups in total. The highest BCUT2D eigenvalue weighted by Crippen LogP contribution is 2.24. The van der Waals surface area contributed by atoms with Crippen LogP contribution in [0.25, 0.3) is 0 Å². The Bertz CT molecular complexity index is 364. The van der Waals surface area contributed by atoms with Gasteiger partial charge < -0.3 is 14.8 Å². The van der Waals surface area contributed by atoms with Gasteiger partial charge in [0.05, 0.1) is 14.2 Å². The van der Waals surface area contributed by atoms with Crippen molar-refractivity contribution in [2.75, 3.05) is 25.7 Å². The van der Waals surface area contributed by atoms with Crippen LogP contribution in [0.3, 0.4) is 0 Å². The lowest BCUT2D eigenvalue weighted by atomic mass is 10.1. The lowest BCUT2D eigenvalue weighted by Gasteiger charge is -2.14. The number of ether oxygens (including phenoxy) is 2. The van der Waals surface area contributed by atoms with E-state index in [1.54, 1.807) is 14.2 Å². The van der Waals surface area contributed by atoms with Crippen LogP contribution in [0.5, 0.6) is 11.5 Å². The van der Waals surface area contributed by atoms with Gasteiger partial charge in [-0.15, -0.1) is 0 Å². The number of thioether (sulfide) groups is 1. The molecule has 1 aromatic carbocycles. The van der Waals surface area contributed by atoms with Crippen LogP contribution in [0.1, 0.15) is 12.0 Å². The molecule has 0 aromatic heterocycles. The molecule has 1 fully saturated rings. The Morgan fingerprint density at radius 3 is 2.88 bits per heavy atom. The van der Waals surface area contributed by atoms with Gasteiger partial charge in [0.2, 0.25) is 0 Å². The Hall–Kier alpha value is -0.870. The first-order valence-corrected chi connectivity index (χ1v) is 7.01. The van der Waals surface area contributed by atoms with Crippen LogP contribution in [0, 0.1) is 0 Å². The van der Waals surface area contributed by atoms with E-state index in [9.17, 15) is 0 Å². The van der Waals surface area contributed by atoms with Crippen molar-refractivity contribution < 1.29 is 9.47 Å². The summed E-state index contributed by atoms with van der Waals surface area (Å²) in [6, 6.07) is 6.55. The van der Waals surface area contributed by atoms with Gasteiger partial charge in [-0.05, 0) is 30.4 Å². The van der Waals surface area contributed by atoms with Crippen LogP contribution >= 0.6 is 11.8 Å². The average Bonchev–Trinajstić information content (AvgIpc) is 2.89. The first kappa shape index (κ1) is 12.6. The highest BCUT2D eigenvalue weighted by molar-refractivity contribution is 7.99. The van der Waals surface area contributed by atoms with Crippen molar-refractivity contribution in [3.63, 3.8) is 0 Å². The van der Waals surface area contributed by atoms with Gasteiger partial charge in [0.15, 0.2) is 0 Å². The van der Waals surface area contributed by atoms with Gasteiger partial charge in [-0.1, -0.05) is 0 Å². The molecular formula is C13H19NO2S. The Labute approximate surface area is 107 Å². The fraction of sp³-hybridized carbons (Fsp3) is 0.538. The smallest absolute Gasteiger partial charge is 0.123 e. The van der Waals surface area contributed by atoms with Crippen molar-refractivity contribution in [2.24, 2.45) is 0 Å². The van der Waals surface area contributed by atoms with Crippen molar-refractivity contribution >= 4 is 11.8 Å². The second kappa shape index (κ2) is 6.17. The van der Waals surface area contributed by atoms with Crippen LogP contribution in [-0.4, -0.2) is 31.8 Å². The van der Waals surface area contributed by atoms with Crippen molar-refractivity contribution in [1.29, 1.82) is 0 Å². The van der Waals surface area contributed by atoms with Crippen LogP contribution in [0.15, 0.2) is 18.2 Å². The molecule has 94 valence electrons. The van der Waals surface area contributed by atoms with Crippen LogP contribution < -0.4 is 14.8 Å². The molecule has 17 heavy (non-hydrogen) atoms. The number of rotatable bonds is 5. The summed E-state index contributed by atoms with van der Waals surface area (Å²) in [6.45, 7) is 0.839. The molecule has 0 bridgehead atoms. The molecule has 1 aliphatic heterocycles. The second-order valence-electron chi connectivity index (χ2n) is 4.12. The summed E-state index contributed by atoms with van der Waals surface area (Å²) in [5, 5.41) is 3.57. The predicted molar refractivity (Wildman–Crippen MR) is 72.1 cm³/mol. The van der Waals surface area contributed by atoms with Gasteiger partial charge >= 0.3 is 0 Å². The van der Waals surface area contributed by atoms with Gasteiger partial charge in [0.25, 0.3) is 0 Å². The maximum Gasteiger partial charge on any atom is 0.123 e. The third kappa shape index (κ3) is 3.30. The van der Waals surface area contributed by atoms with E-state index in [1.807, 2.05) is 30.0 Å². The molecule has 4 heteroatoms. The summed E-state index contributed by atoms with van der Waals surface area (Å²) < 4.78 is 10.6. The molecule has 1 aromatic rings. The van der Waals surface area contributed by atoms with Gasteiger partial charge in [-0.3, -0.25) is 0 Å². The zero-order valence-electron chi connectivity index (χ0n) is 10.4. The van der Waals surface area contributed by atoms with E-state index in [1.165, 1.54) is 17.9 Å². The van der Waals surface area contributed by atoms with Crippen LogP contribution in [-0.2, 0) is 6.54 Å². The van der Waals surface area contributed by atoms with Crippen LogP contribution in [0.4, 0.5) is 0 Å². The van der Waals surface area contributed by atoms with Gasteiger partial charge in [0.1, 0.15) is 11.5 Å². The highest BCUT2D eigenvalue weighted by Gasteiger charge is 2.15. The summed E-state index contributed by atoms with van der Waals surface area (Å²) in [7, 11) is 3.39. The molecule has 3 nitrogen and oxygen atoms in total. The maximum absolute atomic E-state index is 5.36. The summed E-state index contributed by atoms with van der Waals surface area (Å²) in [6.07, 6.45) is 1.26. The Kier molecular flexibility index (Phi) is 4.57. The van der Waals surface area contributed by atoms with Crippen molar-refractivity contribution in [3.05, 3.63) is 23.8 Å². The summed E-state index contributed by atoms with van der Waals surface area (Å²) >= 11 is 2.02. The molecule has 1 aliphatic rings. The summed E-state index contributed by atoms with van der Waals surface area (Å²) in [4.78, 5) is 0. The highest BCUT2D eigenvalue weighted by atomic mass is 32.2. The van der Waals surface area contributed by atoms with Gasteiger partial charge in [-0.25, -0.2) is 0 Å². The maximum atomic E-state index is 5.36. The SMILES string of the molecule is COc1ccc(OC)c(CNC2CCSC2)c1. The standard InChI is InChI=1S/C13H19NO2S/c1-15-12-3-4-13(16-2)10(7-12)8-14-11-5-6-17-9-11/h3-4,7,11,14H,5-6,8-9H2,1-2H3. The molecule has 0 saturated carbocycles. The average molecular weight is 253 g/mol. The van der Waals surface area contributed by atoms with Crippen molar-refractivity contribution in [3.8, 4) is 11.5 Å². The second-order valence-corrected chi connectivity index (χ2v) is 5.27. The molecule has 1 heterocycles. The number of methoxy groups -OCH3 is 2. The van der Waals surface area contributed by atoms with Crippen molar-refractivity contribution in [2.45, 2.75) is 19.0 Å².